The van der Waals surface area contributed by atoms with Crippen LogP contribution in [0.3, 0.4) is 0 Å². The second kappa shape index (κ2) is 9.25. The Morgan fingerprint density at radius 3 is 2.25 bits per heavy atom. The Labute approximate surface area is 151 Å². The normalized spacial score (nSPS) is 15.8. The highest BCUT2D eigenvalue weighted by Gasteiger charge is 2.17. The van der Waals surface area contributed by atoms with Crippen molar-refractivity contribution in [3.05, 3.63) is 70.7 Å². The second-order valence-electron chi connectivity index (χ2n) is 7.10. The topological polar surface area (TPSA) is 3.24 Å². The van der Waals surface area contributed by atoms with Crippen LogP contribution in [0.4, 0.5) is 0 Å². The molecule has 128 valence electrons. The van der Waals surface area contributed by atoms with Crippen molar-refractivity contribution in [3.8, 4) is 0 Å². The first-order valence-electron chi connectivity index (χ1n) is 9.30. The molecule has 1 saturated carbocycles. The average molecular weight is 342 g/mol. The second-order valence-corrected chi connectivity index (χ2v) is 7.54. The Bertz CT molecular complexity index is 587. The highest BCUT2D eigenvalue weighted by Crippen LogP contribution is 2.25. The minimum atomic E-state index is 0.821. The lowest BCUT2D eigenvalue weighted by molar-refractivity contribution is 0.195. The number of hydrogen-bond donors (Lipinski definition) is 0. The van der Waals surface area contributed by atoms with Gasteiger partial charge in [-0.05, 0) is 48.4 Å². The van der Waals surface area contributed by atoms with Gasteiger partial charge in [0.1, 0.15) is 0 Å². The lowest BCUT2D eigenvalue weighted by Gasteiger charge is -2.30. The highest BCUT2D eigenvalue weighted by atomic mass is 35.5. The number of rotatable bonds is 7. The van der Waals surface area contributed by atoms with Gasteiger partial charge >= 0.3 is 0 Å². The van der Waals surface area contributed by atoms with Gasteiger partial charge < -0.3 is 0 Å². The van der Waals surface area contributed by atoms with Gasteiger partial charge in [0, 0.05) is 24.7 Å². The quantitative estimate of drug-likeness (QED) is 0.600. The minimum absolute atomic E-state index is 0.821. The van der Waals surface area contributed by atoms with Crippen molar-refractivity contribution in [2.75, 3.05) is 13.1 Å². The largest absolute Gasteiger partial charge is 0.298 e. The molecule has 0 bridgehead atoms. The van der Waals surface area contributed by atoms with E-state index in [-0.39, 0.29) is 0 Å². The molecule has 0 atom stereocenters. The molecule has 1 aliphatic carbocycles. The fourth-order valence-corrected chi connectivity index (χ4v) is 3.88. The summed E-state index contributed by atoms with van der Waals surface area (Å²) >= 11 is 6.03. The van der Waals surface area contributed by atoms with E-state index in [1.807, 2.05) is 12.1 Å². The first kappa shape index (κ1) is 17.5. The summed E-state index contributed by atoms with van der Waals surface area (Å²) in [7, 11) is 0. The molecule has 0 amide bonds. The zero-order valence-electron chi connectivity index (χ0n) is 14.5. The molecule has 0 heterocycles. The van der Waals surface area contributed by atoms with E-state index in [1.165, 1.54) is 49.8 Å². The third kappa shape index (κ3) is 5.65. The standard InChI is InChI=1S/C22H28ClN/c23-22-13-11-21(12-14-22)18-24(17-20-9-5-2-6-10-20)16-15-19-7-3-1-4-8-19/h1,3-4,7-8,11-14,20H,2,5-6,9-10,15-18H2. The van der Waals surface area contributed by atoms with Crippen LogP contribution in [-0.4, -0.2) is 18.0 Å². The molecule has 2 aromatic rings. The molecule has 0 unspecified atom stereocenters. The van der Waals surface area contributed by atoms with Crippen LogP contribution in [0, 0.1) is 5.92 Å². The lowest BCUT2D eigenvalue weighted by atomic mass is 9.89. The summed E-state index contributed by atoms with van der Waals surface area (Å²) in [5, 5.41) is 0.821. The van der Waals surface area contributed by atoms with Crippen LogP contribution >= 0.6 is 11.6 Å². The number of hydrogen-bond acceptors (Lipinski definition) is 1. The summed E-state index contributed by atoms with van der Waals surface area (Å²) in [5.41, 5.74) is 2.80. The van der Waals surface area contributed by atoms with Crippen LogP contribution in [0.2, 0.25) is 5.02 Å². The molecule has 0 aromatic heterocycles. The zero-order valence-corrected chi connectivity index (χ0v) is 15.2. The van der Waals surface area contributed by atoms with Crippen LogP contribution in [0.1, 0.15) is 43.2 Å². The van der Waals surface area contributed by atoms with Crippen molar-refractivity contribution >= 4 is 11.6 Å². The van der Waals surface area contributed by atoms with Crippen LogP contribution < -0.4 is 0 Å². The Kier molecular flexibility index (Phi) is 6.75. The van der Waals surface area contributed by atoms with E-state index < -0.39 is 0 Å². The fourth-order valence-electron chi connectivity index (χ4n) is 3.75. The monoisotopic (exact) mass is 341 g/mol. The number of nitrogens with zero attached hydrogens (tertiary/aromatic N) is 1. The van der Waals surface area contributed by atoms with E-state index in [2.05, 4.69) is 47.4 Å². The minimum Gasteiger partial charge on any atom is -0.298 e. The van der Waals surface area contributed by atoms with Gasteiger partial charge in [-0.2, -0.15) is 0 Å². The van der Waals surface area contributed by atoms with Crippen molar-refractivity contribution in [1.82, 2.24) is 4.90 Å². The smallest absolute Gasteiger partial charge is 0.0406 e. The molecule has 0 spiro atoms. The number of halogens is 1. The van der Waals surface area contributed by atoms with E-state index in [1.54, 1.807) is 0 Å². The number of benzene rings is 2. The van der Waals surface area contributed by atoms with E-state index in [0.717, 1.165) is 30.5 Å². The van der Waals surface area contributed by atoms with Crippen molar-refractivity contribution in [1.29, 1.82) is 0 Å². The Morgan fingerprint density at radius 2 is 1.54 bits per heavy atom. The highest BCUT2D eigenvalue weighted by molar-refractivity contribution is 6.30. The maximum absolute atomic E-state index is 6.03. The summed E-state index contributed by atoms with van der Waals surface area (Å²) in [5.74, 6) is 0.877. The average Bonchev–Trinajstić information content (AvgIpc) is 2.63. The van der Waals surface area contributed by atoms with Gasteiger partial charge in [-0.25, -0.2) is 0 Å². The molecule has 3 rings (SSSR count). The van der Waals surface area contributed by atoms with E-state index in [9.17, 15) is 0 Å². The van der Waals surface area contributed by atoms with Gasteiger partial charge in [0.15, 0.2) is 0 Å². The Balaban J connectivity index is 1.61. The van der Waals surface area contributed by atoms with E-state index >= 15 is 0 Å². The van der Waals surface area contributed by atoms with Crippen LogP contribution in [0.25, 0.3) is 0 Å². The predicted molar refractivity (Wildman–Crippen MR) is 103 cm³/mol. The zero-order chi connectivity index (χ0) is 16.6. The Hall–Kier alpha value is -1.31. The predicted octanol–water partition coefficient (Wildman–Crippen LogP) is 5.97. The molecule has 1 nitrogen and oxygen atoms in total. The molecule has 1 aliphatic rings. The molecule has 0 N–H and O–H groups in total. The lowest BCUT2D eigenvalue weighted by Crippen LogP contribution is -2.32. The molecule has 0 aliphatic heterocycles. The maximum atomic E-state index is 6.03. The first-order valence-corrected chi connectivity index (χ1v) is 9.68. The SMILES string of the molecule is Clc1ccc(CN(CCc2ccccc2)CC2CCCCC2)cc1. The van der Waals surface area contributed by atoms with Crippen LogP contribution in [-0.2, 0) is 13.0 Å². The Morgan fingerprint density at radius 1 is 0.833 bits per heavy atom. The summed E-state index contributed by atoms with van der Waals surface area (Å²) in [6.07, 6.45) is 8.19. The van der Waals surface area contributed by atoms with Crippen molar-refractivity contribution in [3.63, 3.8) is 0 Å². The van der Waals surface area contributed by atoms with E-state index in [4.69, 9.17) is 11.6 Å². The van der Waals surface area contributed by atoms with Crippen LogP contribution in [0.15, 0.2) is 54.6 Å². The molecule has 1 fully saturated rings. The molecule has 2 heteroatoms. The molecular weight excluding hydrogens is 314 g/mol. The van der Waals surface area contributed by atoms with Gasteiger partial charge in [-0.3, -0.25) is 4.90 Å². The van der Waals surface area contributed by atoms with Gasteiger partial charge in [-0.15, -0.1) is 0 Å². The van der Waals surface area contributed by atoms with Gasteiger partial charge in [-0.1, -0.05) is 73.3 Å². The third-order valence-electron chi connectivity index (χ3n) is 5.12. The van der Waals surface area contributed by atoms with Crippen LogP contribution in [0.5, 0.6) is 0 Å². The van der Waals surface area contributed by atoms with E-state index in [0.29, 0.717) is 0 Å². The maximum Gasteiger partial charge on any atom is 0.0406 e. The molecule has 2 aromatic carbocycles. The van der Waals surface area contributed by atoms with Gasteiger partial charge in [0.2, 0.25) is 0 Å². The van der Waals surface area contributed by atoms with Crippen molar-refractivity contribution in [2.24, 2.45) is 5.92 Å². The summed E-state index contributed by atoms with van der Waals surface area (Å²) in [4.78, 5) is 2.65. The fraction of sp³-hybridized carbons (Fsp3) is 0.455. The summed E-state index contributed by atoms with van der Waals surface area (Å²) < 4.78 is 0. The molecule has 24 heavy (non-hydrogen) atoms. The van der Waals surface area contributed by atoms with Crippen molar-refractivity contribution < 1.29 is 0 Å². The third-order valence-corrected chi connectivity index (χ3v) is 5.37. The first-order chi connectivity index (χ1) is 11.8. The summed E-state index contributed by atoms with van der Waals surface area (Å²) in [6, 6.07) is 19.2. The molecule has 0 radical (unpaired) electrons. The van der Waals surface area contributed by atoms with Crippen molar-refractivity contribution in [2.45, 2.75) is 45.1 Å². The molecule has 0 saturated heterocycles. The van der Waals surface area contributed by atoms with Gasteiger partial charge in [0.25, 0.3) is 0 Å². The summed E-state index contributed by atoms with van der Waals surface area (Å²) in [6.45, 7) is 3.39. The van der Waals surface area contributed by atoms with Gasteiger partial charge in [0.05, 0.1) is 0 Å². The molecular formula is C22H28ClN.